The Labute approximate surface area is 233 Å². The first-order valence-corrected chi connectivity index (χ1v) is 14.9. The van der Waals surface area contributed by atoms with Crippen LogP contribution in [0.5, 0.6) is 5.75 Å². The minimum atomic E-state index is -4.76. The highest BCUT2D eigenvalue weighted by Gasteiger charge is 2.32. The molecule has 3 aromatic rings. The third-order valence-electron chi connectivity index (χ3n) is 7.26. The number of halogens is 3. The summed E-state index contributed by atoms with van der Waals surface area (Å²) in [6, 6.07) is 19.4. The number of anilines is 1. The van der Waals surface area contributed by atoms with E-state index in [0.29, 0.717) is 42.6 Å². The molecule has 1 fully saturated rings. The summed E-state index contributed by atoms with van der Waals surface area (Å²) < 4.78 is 67.6. The summed E-state index contributed by atoms with van der Waals surface area (Å²) in [4.78, 5) is 17.2. The Morgan fingerprint density at radius 3 is 1.90 bits per heavy atom. The van der Waals surface area contributed by atoms with E-state index in [1.165, 1.54) is 36.4 Å². The van der Waals surface area contributed by atoms with Gasteiger partial charge in [-0.3, -0.25) is 9.69 Å². The quantitative estimate of drug-likeness (QED) is 0.268. The normalized spacial score (nSPS) is 15.1. The van der Waals surface area contributed by atoms with E-state index >= 15 is 0 Å². The molecular weight excluding hydrogens is 541 g/mol. The highest BCUT2D eigenvalue weighted by molar-refractivity contribution is 7.92. The minimum Gasteiger partial charge on any atom is -0.406 e. The van der Waals surface area contributed by atoms with Crippen LogP contribution in [0.1, 0.15) is 37.0 Å². The summed E-state index contributed by atoms with van der Waals surface area (Å²) in [6.45, 7) is 7.23. The predicted molar refractivity (Wildman–Crippen MR) is 150 cm³/mol. The second kappa shape index (κ2) is 12.4. The minimum absolute atomic E-state index is 0.0148. The number of ether oxygens (including phenoxy) is 1. The summed E-state index contributed by atoms with van der Waals surface area (Å²) in [5.41, 5.74) is 3.04. The van der Waals surface area contributed by atoms with Crippen molar-refractivity contribution in [1.29, 1.82) is 0 Å². The van der Waals surface area contributed by atoms with Crippen LogP contribution in [0.15, 0.2) is 77.7 Å². The van der Waals surface area contributed by atoms with Gasteiger partial charge in [-0.1, -0.05) is 24.3 Å². The lowest BCUT2D eigenvalue weighted by Gasteiger charge is -2.31. The second-order valence-corrected chi connectivity index (χ2v) is 12.0. The molecule has 0 bridgehead atoms. The van der Waals surface area contributed by atoms with Crippen LogP contribution < -0.4 is 9.64 Å². The number of nitrogens with zero attached hydrogens (tertiary/aromatic N) is 2. The number of carbonyl (C=O) groups excluding carboxylic acids is 1. The summed E-state index contributed by atoms with van der Waals surface area (Å²) in [5, 5.41) is -0.545. The highest BCUT2D eigenvalue weighted by atomic mass is 32.2. The van der Waals surface area contributed by atoms with E-state index < -0.39 is 21.4 Å². The standard InChI is InChI=1S/C30H33F3N2O4S/c1-3-35(4-2)25-11-5-24(6-12-25)29(36)21-34-19-17-28(18-20-34)40(37,38)27-15-9-23(10-16-27)22-7-13-26(14-8-22)39-30(31,32)33/h5-16,28H,3-4,17-21H2,1-2H3. The van der Waals surface area contributed by atoms with Crippen LogP contribution in [0.2, 0.25) is 0 Å². The lowest BCUT2D eigenvalue weighted by atomic mass is 10.1. The monoisotopic (exact) mass is 574 g/mol. The molecule has 0 atom stereocenters. The molecule has 1 saturated heterocycles. The van der Waals surface area contributed by atoms with Gasteiger partial charge in [0, 0.05) is 24.3 Å². The zero-order valence-electron chi connectivity index (χ0n) is 22.5. The Bertz CT molecular complexity index is 1380. The van der Waals surface area contributed by atoms with Crippen LogP contribution in [0.4, 0.5) is 18.9 Å². The molecular formula is C30H33F3N2O4S. The van der Waals surface area contributed by atoms with Gasteiger partial charge in [-0.2, -0.15) is 0 Å². The maximum Gasteiger partial charge on any atom is 0.573 e. The zero-order valence-corrected chi connectivity index (χ0v) is 23.3. The molecule has 40 heavy (non-hydrogen) atoms. The average Bonchev–Trinajstić information content (AvgIpc) is 2.94. The number of ketones is 1. The Hall–Kier alpha value is -3.37. The number of benzene rings is 3. The highest BCUT2D eigenvalue weighted by Crippen LogP contribution is 2.29. The molecule has 0 aromatic heterocycles. The van der Waals surface area contributed by atoms with Gasteiger partial charge in [0.05, 0.1) is 16.7 Å². The zero-order chi connectivity index (χ0) is 28.9. The summed E-state index contributed by atoms with van der Waals surface area (Å²) in [5.74, 6) is -0.308. The van der Waals surface area contributed by atoms with Crippen molar-refractivity contribution in [2.45, 2.75) is 43.2 Å². The van der Waals surface area contributed by atoms with E-state index in [-0.39, 0.29) is 23.0 Å². The predicted octanol–water partition coefficient (Wildman–Crippen LogP) is 6.22. The van der Waals surface area contributed by atoms with Gasteiger partial charge in [-0.15, -0.1) is 13.2 Å². The molecule has 4 rings (SSSR count). The maximum atomic E-state index is 13.3. The second-order valence-electron chi connectivity index (χ2n) is 9.76. The molecule has 1 aliphatic rings. The Morgan fingerprint density at radius 1 is 0.875 bits per heavy atom. The van der Waals surface area contributed by atoms with Crippen LogP contribution in [0, 0.1) is 0 Å². The topological polar surface area (TPSA) is 66.9 Å². The molecule has 6 nitrogen and oxygen atoms in total. The van der Waals surface area contributed by atoms with Crippen molar-refractivity contribution in [1.82, 2.24) is 4.90 Å². The van der Waals surface area contributed by atoms with E-state index in [9.17, 15) is 26.4 Å². The molecule has 0 unspecified atom stereocenters. The van der Waals surface area contributed by atoms with Crippen LogP contribution in [0.3, 0.4) is 0 Å². The molecule has 10 heteroatoms. The van der Waals surface area contributed by atoms with Crippen LogP contribution >= 0.6 is 0 Å². The molecule has 0 radical (unpaired) electrons. The van der Waals surface area contributed by atoms with Crippen molar-refractivity contribution < 1.29 is 31.1 Å². The summed E-state index contributed by atoms with van der Waals surface area (Å²) >= 11 is 0. The molecule has 1 aliphatic heterocycles. The van der Waals surface area contributed by atoms with Crippen molar-refractivity contribution in [3.05, 3.63) is 78.4 Å². The van der Waals surface area contributed by atoms with Crippen molar-refractivity contribution in [3.8, 4) is 16.9 Å². The smallest absolute Gasteiger partial charge is 0.406 e. The Kier molecular flexibility index (Phi) is 9.20. The lowest BCUT2D eigenvalue weighted by Crippen LogP contribution is -2.41. The molecule has 0 amide bonds. The molecule has 0 spiro atoms. The van der Waals surface area contributed by atoms with Crippen molar-refractivity contribution in [2.24, 2.45) is 0 Å². The van der Waals surface area contributed by atoms with Gasteiger partial charge in [0.2, 0.25) is 0 Å². The third-order valence-corrected chi connectivity index (χ3v) is 9.54. The number of likely N-dealkylation sites (tertiary alicyclic amines) is 1. The number of hydrogen-bond donors (Lipinski definition) is 0. The first kappa shape index (κ1) is 29.6. The van der Waals surface area contributed by atoms with Gasteiger partial charge in [-0.25, -0.2) is 8.42 Å². The van der Waals surface area contributed by atoms with Crippen molar-refractivity contribution >= 4 is 21.3 Å². The van der Waals surface area contributed by atoms with Gasteiger partial charge >= 0.3 is 6.36 Å². The van der Waals surface area contributed by atoms with E-state index in [2.05, 4.69) is 23.5 Å². The average molecular weight is 575 g/mol. The van der Waals surface area contributed by atoms with Gasteiger partial charge in [-0.05, 0) is 99.4 Å². The SMILES string of the molecule is CCN(CC)c1ccc(C(=O)CN2CCC(S(=O)(=O)c3ccc(-c4ccc(OC(F)(F)F)cc4)cc3)CC2)cc1. The van der Waals surface area contributed by atoms with Crippen molar-refractivity contribution in [3.63, 3.8) is 0 Å². The fraction of sp³-hybridized carbons (Fsp3) is 0.367. The maximum absolute atomic E-state index is 13.3. The Balaban J connectivity index is 1.33. The van der Waals surface area contributed by atoms with Crippen LogP contribution in [-0.4, -0.2) is 63.4 Å². The number of hydrogen-bond acceptors (Lipinski definition) is 6. The lowest BCUT2D eigenvalue weighted by molar-refractivity contribution is -0.274. The van der Waals surface area contributed by atoms with Gasteiger partial charge < -0.3 is 9.64 Å². The van der Waals surface area contributed by atoms with E-state index in [1.54, 1.807) is 12.1 Å². The van der Waals surface area contributed by atoms with E-state index in [4.69, 9.17) is 0 Å². The first-order valence-electron chi connectivity index (χ1n) is 13.3. The largest absolute Gasteiger partial charge is 0.573 e. The number of rotatable bonds is 10. The summed E-state index contributed by atoms with van der Waals surface area (Å²) in [6.07, 6.45) is -3.90. The number of Topliss-reactive ketones (excluding diaryl/α,β-unsaturated/α-hetero) is 1. The number of carbonyl (C=O) groups is 1. The summed E-state index contributed by atoms with van der Waals surface area (Å²) in [7, 11) is -3.57. The van der Waals surface area contributed by atoms with Crippen molar-refractivity contribution in [2.75, 3.05) is 37.6 Å². The van der Waals surface area contributed by atoms with Gasteiger partial charge in [0.15, 0.2) is 15.6 Å². The van der Waals surface area contributed by atoms with Gasteiger partial charge in [0.25, 0.3) is 0 Å². The van der Waals surface area contributed by atoms with E-state index in [1.807, 2.05) is 29.2 Å². The first-order chi connectivity index (χ1) is 19.0. The molecule has 3 aromatic carbocycles. The van der Waals surface area contributed by atoms with E-state index in [0.717, 1.165) is 18.8 Å². The number of alkyl halides is 3. The molecule has 1 heterocycles. The van der Waals surface area contributed by atoms with Crippen LogP contribution in [0.25, 0.3) is 11.1 Å². The number of piperidine rings is 1. The fourth-order valence-corrected chi connectivity index (χ4v) is 6.73. The fourth-order valence-electron chi connectivity index (χ4n) is 5.00. The number of sulfone groups is 1. The molecule has 0 saturated carbocycles. The van der Waals surface area contributed by atoms with Gasteiger partial charge in [0.1, 0.15) is 5.75 Å². The Morgan fingerprint density at radius 2 is 1.40 bits per heavy atom. The third kappa shape index (κ3) is 7.22. The molecule has 214 valence electrons. The van der Waals surface area contributed by atoms with Crippen LogP contribution in [-0.2, 0) is 9.84 Å². The molecule has 0 aliphatic carbocycles. The molecule has 0 N–H and O–H groups in total.